The van der Waals surface area contributed by atoms with Crippen LogP contribution in [-0.2, 0) is 17.1 Å². The van der Waals surface area contributed by atoms with Gasteiger partial charge in [0.05, 0.1) is 0 Å². The van der Waals surface area contributed by atoms with Crippen molar-refractivity contribution in [3.05, 3.63) is 6.20 Å². The highest BCUT2D eigenvalue weighted by Crippen LogP contribution is 2.25. The average Bonchev–Trinajstić information content (AvgIpc) is 2.69. The van der Waals surface area contributed by atoms with Crippen LogP contribution in [0.3, 0.4) is 0 Å². The minimum Gasteiger partial charge on any atom is -0.396 e. The summed E-state index contributed by atoms with van der Waals surface area (Å²) in [5.41, 5.74) is 5.61. The number of nitrogen functional groups attached to an aromatic ring is 1. The quantitative estimate of drug-likeness (QED) is 0.766. The highest BCUT2D eigenvalue weighted by atomic mass is 32.2. The first kappa shape index (κ1) is 13.3. The Kier molecular flexibility index (Phi) is 3.60. The van der Waals surface area contributed by atoms with Gasteiger partial charge in [-0.1, -0.05) is 0 Å². The number of hydrogen-bond acceptors (Lipinski definition) is 5. The van der Waals surface area contributed by atoms with Gasteiger partial charge in [-0.05, 0) is 18.8 Å². The number of aryl methyl sites for hydroxylation is 1. The van der Waals surface area contributed by atoms with Gasteiger partial charge >= 0.3 is 0 Å². The van der Waals surface area contributed by atoms with Gasteiger partial charge in [-0.15, -0.1) is 0 Å². The number of aromatic nitrogens is 2. The Morgan fingerprint density at radius 1 is 1.61 bits per heavy atom. The van der Waals surface area contributed by atoms with E-state index < -0.39 is 10.0 Å². The molecule has 3 N–H and O–H groups in total. The van der Waals surface area contributed by atoms with Crippen molar-refractivity contribution in [3.8, 4) is 0 Å². The Morgan fingerprint density at radius 2 is 2.33 bits per heavy atom. The number of hydrogen-bond donors (Lipinski definition) is 2. The van der Waals surface area contributed by atoms with Crippen LogP contribution < -0.4 is 5.73 Å². The fourth-order valence-corrected chi connectivity index (χ4v) is 3.86. The summed E-state index contributed by atoms with van der Waals surface area (Å²) in [5.74, 6) is 0.0232. The van der Waals surface area contributed by atoms with Crippen molar-refractivity contribution in [2.45, 2.75) is 17.7 Å². The van der Waals surface area contributed by atoms with E-state index >= 15 is 0 Å². The SMILES string of the molecule is Cn1cc(S(=O)(=O)N2CCCC(CO)C2)c(N)n1. The second-order valence-corrected chi connectivity index (χ2v) is 6.51. The third kappa shape index (κ3) is 2.36. The monoisotopic (exact) mass is 274 g/mol. The molecule has 0 radical (unpaired) electrons. The molecule has 0 aromatic carbocycles. The lowest BCUT2D eigenvalue weighted by molar-refractivity contribution is 0.165. The van der Waals surface area contributed by atoms with Crippen molar-refractivity contribution in [1.82, 2.24) is 14.1 Å². The molecule has 1 aliphatic heterocycles. The Bertz CT molecular complexity index is 525. The van der Waals surface area contributed by atoms with E-state index in [0.717, 1.165) is 12.8 Å². The zero-order valence-electron chi connectivity index (χ0n) is 10.3. The van der Waals surface area contributed by atoms with E-state index in [2.05, 4.69) is 5.10 Å². The normalized spacial score (nSPS) is 22.2. The number of nitrogens with two attached hydrogens (primary N) is 1. The molecule has 1 unspecified atom stereocenters. The van der Waals surface area contributed by atoms with Crippen LogP contribution in [0.15, 0.2) is 11.1 Å². The maximum absolute atomic E-state index is 12.4. The number of nitrogens with zero attached hydrogens (tertiary/aromatic N) is 3. The highest BCUT2D eigenvalue weighted by Gasteiger charge is 2.32. The molecule has 1 aliphatic rings. The summed E-state index contributed by atoms with van der Waals surface area (Å²) in [6, 6.07) is 0. The lowest BCUT2D eigenvalue weighted by Crippen LogP contribution is -2.40. The van der Waals surface area contributed by atoms with Crippen LogP contribution in [0.2, 0.25) is 0 Å². The number of piperidine rings is 1. The van der Waals surface area contributed by atoms with E-state index in [4.69, 9.17) is 10.8 Å². The van der Waals surface area contributed by atoms with Crippen LogP contribution >= 0.6 is 0 Å². The van der Waals surface area contributed by atoms with Gasteiger partial charge in [-0.25, -0.2) is 8.42 Å². The molecular weight excluding hydrogens is 256 g/mol. The zero-order chi connectivity index (χ0) is 13.3. The maximum Gasteiger partial charge on any atom is 0.248 e. The van der Waals surface area contributed by atoms with E-state index in [1.54, 1.807) is 7.05 Å². The number of aliphatic hydroxyl groups excluding tert-OH is 1. The second kappa shape index (κ2) is 4.87. The molecule has 0 amide bonds. The topological polar surface area (TPSA) is 101 Å². The van der Waals surface area contributed by atoms with Gasteiger partial charge < -0.3 is 10.8 Å². The van der Waals surface area contributed by atoms with Crippen molar-refractivity contribution in [3.63, 3.8) is 0 Å². The summed E-state index contributed by atoms with van der Waals surface area (Å²) in [7, 11) is -1.97. The van der Waals surface area contributed by atoms with Gasteiger partial charge in [-0.3, -0.25) is 4.68 Å². The molecule has 1 atom stereocenters. The van der Waals surface area contributed by atoms with E-state index in [-0.39, 0.29) is 23.2 Å². The molecule has 8 heteroatoms. The number of aliphatic hydroxyl groups is 1. The number of sulfonamides is 1. The zero-order valence-corrected chi connectivity index (χ0v) is 11.1. The lowest BCUT2D eigenvalue weighted by Gasteiger charge is -2.30. The fourth-order valence-electron chi connectivity index (χ4n) is 2.22. The molecule has 1 fully saturated rings. The molecular formula is C10H18N4O3S. The van der Waals surface area contributed by atoms with E-state index in [9.17, 15) is 8.42 Å². The van der Waals surface area contributed by atoms with Crippen LogP contribution in [0.25, 0.3) is 0 Å². The van der Waals surface area contributed by atoms with Gasteiger partial charge in [0.2, 0.25) is 10.0 Å². The van der Waals surface area contributed by atoms with Gasteiger partial charge in [0.15, 0.2) is 5.82 Å². The summed E-state index contributed by atoms with van der Waals surface area (Å²) in [6.45, 7) is 0.814. The largest absolute Gasteiger partial charge is 0.396 e. The third-order valence-electron chi connectivity index (χ3n) is 3.18. The predicted molar refractivity (Wildman–Crippen MR) is 66.2 cm³/mol. The average molecular weight is 274 g/mol. The molecule has 0 aliphatic carbocycles. The van der Waals surface area contributed by atoms with E-state index in [1.165, 1.54) is 15.2 Å². The summed E-state index contributed by atoms with van der Waals surface area (Å²) < 4.78 is 27.6. The van der Waals surface area contributed by atoms with Crippen LogP contribution in [0, 0.1) is 5.92 Å². The maximum atomic E-state index is 12.4. The Labute approximate surface area is 106 Å². The molecule has 18 heavy (non-hydrogen) atoms. The molecule has 0 bridgehead atoms. The number of rotatable bonds is 3. The Hall–Kier alpha value is -1.12. The minimum absolute atomic E-state index is 0.00595. The highest BCUT2D eigenvalue weighted by molar-refractivity contribution is 7.89. The standard InChI is InChI=1S/C10H18N4O3S/c1-13-6-9(10(11)12-13)18(16,17)14-4-2-3-8(5-14)7-15/h6,8,15H,2-5,7H2,1H3,(H2,11,12). The first-order chi connectivity index (χ1) is 8.45. The van der Waals surface area contributed by atoms with Crippen LogP contribution in [0.4, 0.5) is 5.82 Å². The van der Waals surface area contributed by atoms with E-state index in [0.29, 0.717) is 13.1 Å². The van der Waals surface area contributed by atoms with Crippen LogP contribution in [-0.4, -0.2) is 47.3 Å². The van der Waals surface area contributed by atoms with Gasteiger partial charge in [0, 0.05) is 32.9 Å². The van der Waals surface area contributed by atoms with Gasteiger partial charge in [-0.2, -0.15) is 9.40 Å². The molecule has 1 aromatic heterocycles. The minimum atomic E-state index is -3.60. The van der Waals surface area contributed by atoms with Crippen LogP contribution in [0.1, 0.15) is 12.8 Å². The van der Waals surface area contributed by atoms with Crippen molar-refractivity contribution in [1.29, 1.82) is 0 Å². The third-order valence-corrected chi connectivity index (χ3v) is 5.06. The Balaban J connectivity index is 2.28. The smallest absolute Gasteiger partial charge is 0.248 e. The number of anilines is 1. The lowest BCUT2D eigenvalue weighted by atomic mass is 10.0. The van der Waals surface area contributed by atoms with Crippen LogP contribution in [0.5, 0.6) is 0 Å². The summed E-state index contributed by atoms with van der Waals surface area (Å²) in [6.07, 6.45) is 3.02. The molecule has 1 aromatic rings. The van der Waals surface area contributed by atoms with Gasteiger partial charge in [0.25, 0.3) is 0 Å². The van der Waals surface area contributed by atoms with Gasteiger partial charge in [0.1, 0.15) is 4.90 Å². The summed E-state index contributed by atoms with van der Waals surface area (Å²) >= 11 is 0. The molecule has 7 nitrogen and oxygen atoms in total. The molecule has 2 rings (SSSR count). The molecule has 0 spiro atoms. The van der Waals surface area contributed by atoms with Crippen molar-refractivity contribution in [2.24, 2.45) is 13.0 Å². The predicted octanol–water partition coefficient (Wildman–Crippen LogP) is -0.605. The molecule has 1 saturated heterocycles. The molecule has 2 heterocycles. The van der Waals surface area contributed by atoms with Crippen molar-refractivity contribution in [2.75, 3.05) is 25.4 Å². The molecule has 102 valence electrons. The van der Waals surface area contributed by atoms with Crippen molar-refractivity contribution < 1.29 is 13.5 Å². The summed E-state index contributed by atoms with van der Waals surface area (Å²) in [5, 5.41) is 13.0. The summed E-state index contributed by atoms with van der Waals surface area (Å²) in [4.78, 5) is 0.0450. The Morgan fingerprint density at radius 3 is 2.89 bits per heavy atom. The molecule has 0 saturated carbocycles. The van der Waals surface area contributed by atoms with Crippen molar-refractivity contribution >= 4 is 15.8 Å². The first-order valence-corrected chi connectivity index (χ1v) is 7.29. The first-order valence-electron chi connectivity index (χ1n) is 5.85. The fraction of sp³-hybridized carbons (Fsp3) is 0.700. The second-order valence-electron chi connectivity index (χ2n) is 4.61. The van der Waals surface area contributed by atoms with E-state index in [1.807, 2.05) is 0 Å².